The van der Waals surface area contributed by atoms with E-state index in [2.05, 4.69) is 15.5 Å². The molecule has 5 nitrogen and oxygen atoms in total. The van der Waals surface area contributed by atoms with Gasteiger partial charge in [0, 0.05) is 20.2 Å². The molecule has 0 aliphatic rings. The standard InChI is InChI=1S/C11H15N3O2S/c1-8-3-5-16-10(8)11-14-13-9(17-11)7-12-4-6-15-2/h3,5,12H,4,6-7H2,1-2H3. The first-order chi connectivity index (χ1) is 8.31. The SMILES string of the molecule is COCCNCc1nnc(-c2occc2C)s1. The topological polar surface area (TPSA) is 60.2 Å². The molecule has 2 rings (SSSR count). The van der Waals surface area contributed by atoms with E-state index in [1.165, 1.54) is 0 Å². The van der Waals surface area contributed by atoms with E-state index in [1.54, 1.807) is 24.7 Å². The van der Waals surface area contributed by atoms with Crippen molar-refractivity contribution in [1.29, 1.82) is 0 Å². The van der Waals surface area contributed by atoms with Crippen LogP contribution in [0.3, 0.4) is 0 Å². The van der Waals surface area contributed by atoms with Crippen LogP contribution in [0, 0.1) is 6.92 Å². The summed E-state index contributed by atoms with van der Waals surface area (Å²) in [7, 11) is 1.68. The van der Waals surface area contributed by atoms with Crippen molar-refractivity contribution in [2.24, 2.45) is 0 Å². The molecule has 0 spiro atoms. The first-order valence-corrected chi connectivity index (χ1v) is 6.19. The number of nitrogens with zero attached hydrogens (tertiary/aromatic N) is 2. The number of nitrogens with one attached hydrogen (secondary N) is 1. The molecule has 2 aromatic heterocycles. The van der Waals surface area contributed by atoms with E-state index in [0.29, 0.717) is 13.2 Å². The second-order valence-corrected chi connectivity index (χ2v) is 4.67. The molecule has 0 fully saturated rings. The number of hydrogen-bond acceptors (Lipinski definition) is 6. The molecule has 92 valence electrons. The van der Waals surface area contributed by atoms with Crippen molar-refractivity contribution in [2.45, 2.75) is 13.5 Å². The Morgan fingerprint density at radius 2 is 2.35 bits per heavy atom. The highest BCUT2D eigenvalue weighted by Gasteiger charge is 2.11. The summed E-state index contributed by atoms with van der Waals surface area (Å²) in [6.07, 6.45) is 1.67. The lowest BCUT2D eigenvalue weighted by atomic mass is 10.3. The second kappa shape index (κ2) is 5.90. The van der Waals surface area contributed by atoms with Gasteiger partial charge >= 0.3 is 0 Å². The first-order valence-electron chi connectivity index (χ1n) is 5.37. The molecule has 0 radical (unpaired) electrons. The van der Waals surface area contributed by atoms with Crippen molar-refractivity contribution in [3.05, 3.63) is 22.9 Å². The van der Waals surface area contributed by atoms with Gasteiger partial charge in [0.05, 0.1) is 12.9 Å². The Morgan fingerprint density at radius 1 is 1.47 bits per heavy atom. The molecule has 2 heterocycles. The molecule has 0 amide bonds. The van der Waals surface area contributed by atoms with Gasteiger partial charge in [-0.1, -0.05) is 11.3 Å². The van der Waals surface area contributed by atoms with Crippen molar-refractivity contribution in [3.63, 3.8) is 0 Å². The van der Waals surface area contributed by atoms with Gasteiger partial charge in [0.2, 0.25) is 0 Å². The highest BCUT2D eigenvalue weighted by Crippen LogP contribution is 2.26. The van der Waals surface area contributed by atoms with Crippen molar-refractivity contribution in [1.82, 2.24) is 15.5 Å². The molecule has 17 heavy (non-hydrogen) atoms. The van der Waals surface area contributed by atoms with Crippen LogP contribution in [0.4, 0.5) is 0 Å². The largest absolute Gasteiger partial charge is 0.461 e. The molecule has 0 bridgehead atoms. The van der Waals surface area contributed by atoms with E-state index >= 15 is 0 Å². The highest BCUT2D eigenvalue weighted by atomic mass is 32.1. The van der Waals surface area contributed by atoms with Crippen LogP contribution in [0.25, 0.3) is 10.8 Å². The minimum atomic E-state index is 0.697. The van der Waals surface area contributed by atoms with Gasteiger partial charge in [0.25, 0.3) is 0 Å². The summed E-state index contributed by atoms with van der Waals surface area (Å²) in [5, 5.41) is 13.2. The summed E-state index contributed by atoms with van der Waals surface area (Å²) in [6, 6.07) is 1.92. The Balaban J connectivity index is 1.95. The Bertz CT molecular complexity index is 467. The van der Waals surface area contributed by atoms with Gasteiger partial charge < -0.3 is 14.5 Å². The van der Waals surface area contributed by atoms with Crippen LogP contribution in [0.5, 0.6) is 0 Å². The van der Waals surface area contributed by atoms with E-state index in [1.807, 2.05) is 13.0 Å². The Morgan fingerprint density at radius 3 is 3.06 bits per heavy atom. The van der Waals surface area contributed by atoms with Crippen LogP contribution < -0.4 is 5.32 Å². The summed E-state index contributed by atoms with van der Waals surface area (Å²) < 4.78 is 10.3. The predicted octanol–water partition coefficient (Wildman–Crippen LogP) is 1.84. The third-order valence-electron chi connectivity index (χ3n) is 2.28. The fourth-order valence-corrected chi connectivity index (χ4v) is 2.24. The van der Waals surface area contributed by atoms with Crippen molar-refractivity contribution < 1.29 is 9.15 Å². The number of ether oxygens (including phenoxy) is 1. The molecule has 1 N–H and O–H groups in total. The van der Waals surface area contributed by atoms with Gasteiger partial charge in [-0.15, -0.1) is 10.2 Å². The van der Waals surface area contributed by atoms with Gasteiger partial charge in [-0.25, -0.2) is 0 Å². The molecular weight excluding hydrogens is 238 g/mol. The fourth-order valence-electron chi connectivity index (χ4n) is 1.38. The van der Waals surface area contributed by atoms with Crippen LogP contribution in [-0.4, -0.2) is 30.5 Å². The number of rotatable bonds is 6. The minimum absolute atomic E-state index is 0.697. The van der Waals surface area contributed by atoms with E-state index in [-0.39, 0.29) is 0 Å². The second-order valence-electron chi connectivity index (χ2n) is 3.60. The summed E-state index contributed by atoms with van der Waals surface area (Å²) in [5.41, 5.74) is 1.08. The molecule has 6 heteroatoms. The summed E-state index contributed by atoms with van der Waals surface area (Å²) in [4.78, 5) is 0. The molecule has 0 unspecified atom stereocenters. The van der Waals surface area contributed by atoms with E-state index in [0.717, 1.165) is 27.9 Å². The highest BCUT2D eigenvalue weighted by molar-refractivity contribution is 7.14. The Hall–Kier alpha value is -1.24. The lowest BCUT2D eigenvalue weighted by Crippen LogP contribution is -2.18. The van der Waals surface area contributed by atoms with Gasteiger partial charge in [-0.05, 0) is 18.6 Å². The number of aromatic nitrogens is 2. The lowest BCUT2D eigenvalue weighted by Gasteiger charge is -1.99. The zero-order valence-electron chi connectivity index (χ0n) is 9.90. The molecule has 0 atom stereocenters. The molecule has 2 aromatic rings. The molecule has 0 aliphatic carbocycles. The summed E-state index contributed by atoms with van der Waals surface area (Å²) >= 11 is 1.54. The third kappa shape index (κ3) is 3.12. The smallest absolute Gasteiger partial charge is 0.183 e. The molecule has 0 aromatic carbocycles. The average molecular weight is 253 g/mol. The summed E-state index contributed by atoms with van der Waals surface area (Å²) in [6.45, 7) is 4.21. The monoisotopic (exact) mass is 253 g/mol. The van der Waals surface area contributed by atoms with E-state index < -0.39 is 0 Å². The Kier molecular flexibility index (Phi) is 4.24. The normalized spacial score (nSPS) is 10.9. The number of aryl methyl sites for hydroxylation is 1. The van der Waals surface area contributed by atoms with Gasteiger partial charge in [-0.2, -0.15) is 0 Å². The van der Waals surface area contributed by atoms with Gasteiger partial charge in [0.15, 0.2) is 10.8 Å². The van der Waals surface area contributed by atoms with Gasteiger partial charge in [-0.3, -0.25) is 0 Å². The van der Waals surface area contributed by atoms with Crippen molar-refractivity contribution in [2.75, 3.05) is 20.3 Å². The number of methoxy groups -OCH3 is 1. The van der Waals surface area contributed by atoms with Gasteiger partial charge in [0.1, 0.15) is 5.01 Å². The van der Waals surface area contributed by atoms with Crippen LogP contribution in [-0.2, 0) is 11.3 Å². The molecule has 0 saturated carbocycles. The molecule has 0 saturated heterocycles. The Labute approximate surface area is 104 Å². The van der Waals surface area contributed by atoms with E-state index in [4.69, 9.17) is 9.15 Å². The third-order valence-corrected chi connectivity index (χ3v) is 3.20. The number of hydrogen-bond donors (Lipinski definition) is 1. The summed E-state index contributed by atoms with van der Waals surface area (Å²) in [5.74, 6) is 0.811. The quantitative estimate of drug-likeness (QED) is 0.796. The zero-order chi connectivity index (χ0) is 12.1. The fraction of sp³-hybridized carbons (Fsp3) is 0.455. The predicted molar refractivity (Wildman–Crippen MR) is 65.9 cm³/mol. The van der Waals surface area contributed by atoms with Crippen molar-refractivity contribution >= 4 is 11.3 Å². The molecular formula is C11H15N3O2S. The van der Waals surface area contributed by atoms with Crippen LogP contribution in [0.2, 0.25) is 0 Å². The first kappa shape index (κ1) is 12.2. The van der Waals surface area contributed by atoms with E-state index in [9.17, 15) is 0 Å². The number of furan rings is 1. The minimum Gasteiger partial charge on any atom is -0.461 e. The van der Waals surface area contributed by atoms with Crippen LogP contribution >= 0.6 is 11.3 Å². The average Bonchev–Trinajstić information content (AvgIpc) is 2.93. The lowest BCUT2D eigenvalue weighted by molar-refractivity contribution is 0.199. The van der Waals surface area contributed by atoms with Crippen LogP contribution in [0.15, 0.2) is 16.7 Å². The maximum atomic E-state index is 5.37. The molecule has 0 aliphatic heterocycles. The van der Waals surface area contributed by atoms with Crippen molar-refractivity contribution in [3.8, 4) is 10.8 Å². The zero-order valence-corrected chi connectivity index (χ0v) is 10.7. The maximum absolute atomic E-state index is 5.37. The maximum Gasteiger partial charge on any atom is 0.183 e. The van der Waals surface area contributed by atoms with Crippen LogP contribution in [0.1, 0.15) is 10.6 Å².